The number of hydrogen-bond donors (Lipinski definition) is 1. The van der Waals surface area contributed by atoms with Gasteiger partial charge in [0.25, 0.3) is 0 Å². The zero-order chi connectivity index (χ0) is 9.10. The first-order chi connectivity index (χ1) is 6.38. The van der Waals surface area contributed by atoms with Crippen molar-refractivity contribution in [2.24, 2.45) is 5.92 Å². The van der Waals surface area contributed by atoms with Crippen LogP contribution >= 0.6 is 0 Å². The van der Waals surface area contributed by atoms with Crippen LogP contribution in [0.1, 0.15) is 0 Å². The molecule has 1 atom stereocenters. The van der Waals surface area contributed by atoms with Gasteiger partial charge in [-0.1, -0.05) is 48.6 Å². The van der Waals surface area contributed by atoms with Crippen LogP contribution in [0.25, 0.3) is 0 Å². The Hall–Kier alpha value is -1.63. The Bertz CT molecular complexity index is 365. The minimum absolute atomic E-state index is 0.130. The third-order valence-electron chi connectivity index (χ3n) is 2.18. The van der Waals surface area contributed by atoms with E-state index < -0.39 is 0 Å². The van der Waals surface area contributed by atoms with Crippen LogP contribution < -0.4 is 0 Å². The lowest BCUT2D eigenvalue weighted by Crippen LogP contribution is -2.08. The highest BCUT2D eigenvalue weighted by Crippen LogP contribution is 2.21. The highest BCUT2D eigenvalue weighted by molar-refractivity contribution is 5.98. The molecule has 0 bridgehead atoms. The normalized spacial score (nSPS) is 25.1. The fraction of sp³-hybridized carbons (Fsp3) is 0.0833. The van der Waals surface area contributed by atoms with Crippen LogP contribution in [0.4, 0.5) is 0 Å². The van der Waals surface area contributed by atoms with Gasteiger partial charge in [0.05, 0.1) is 0 Å². The van der Waals surface area contributed by atoms with Gasteiger partial charge in [0.2, 0.25) is 0 Å². The van der Waals surface area contributed by atoms with E-state index in [-0.39, 0.29) is 5.92 Å². The van der Waals surface area contributed by atoms with Crippen molar-refractivity contribution < 1.29 is 0 Å². The van der Waals surface area contributed by atoms with Gasteiger partial charge in [0, 0.05) is 11.6 Å². The van der Waals surface area contributed by atoms with Gasteiger partial charge in [-0.15, -0.1) is 0 Å². The molecule has 0 aromatic carbocycles. The Labute approximate surface area is 78.0 Å². The molecule has 0 fully saturated rings. The van der Waals surface area contributed by atoms with Crippen LogP contribution in [0, 0.1) is 11.3 Å². The summed E-state index contributed by atoms with van der Waals surface area (Å²) in [5.74, 6) is 0.130. The van der Waals surface area contributed by atoms with Crippen molar-refractivity contribution >= 4 is 5.71 Å². The third-order valence-corrected chi connectivity index (χ3v) is 2.18. The molecule has 1 N–H and O–H groups in total. The standard InChI is InChI=1S/C12H11N/c13-12-9-5-4-7-10-6-2-1-3-8-11(10)12/h1-9,11,13H. The molecule has 0 aromatic rings. The quantitative estimate of drug-likeness (QED) is 0.576. The molecule has 0 saturated carbocycles. The van der Waals surface area contributed by atoms with Gasteiger partial charge in [0.1, 0.15) is 0 Å². The maximum Gasteiger partial charge on any atom is 0.0438 e. The van der Waals surface area contributed by atoms with Gasteiger partial charge in [-0.2, -0.15) is 0 Å². The molecule has 2 rings (SSSR count). The van der Waals surface area contributed by atoms with Crippen molar-refractivity contribution in [1.29, 1.82) is 5.41 Å². The molecule has 0 heterocycles. The fourth-order valence-corrected chi connectivity index (χ4v) is 1.49. The molecule has 1 unspecified atom stereocenters. The SMILES string of the molecule is N=C1C=CC=CC2=CC=CC=CC12. The van der Waals surface area contributed by atoms with E-state index in [9.17, 15) is 0 Å². The molecule has 1 nitrogen and oxygen atoms in total. The van der Waals surface area contributed by atoms with Crippen molar-refractivity contribution in [3.8, 4) is 0 Å². The largest absolute Gasteiger partial charge is 0.304 e. The molecule has 1 heteroatoms. The molecule has 0 aliphatic heterocycles. The van der Waals surface area contributed by atoms with Crippen LogP contribution in [-0.2, 0) is 0 Å². The van der Waals surface area contributed by atoms with Crippen LogP contribution in [0.5, 0.6) is 0 Å². The van der Waals surface area contributed by atoms with E-state index in [1.807, 2.05) is 36.5 Å². The van der Waals surface area contributed by atoms with E-state index in [4.69, 9.17) is 5.41 Å². The Kier molecular flexibility index (Phi) is 2.09. The molecule has 0 amide bonds. The lowest BCUT2D eigenvalue weighted by atomic mass is 9.94. The van der Waals surface area contributed by atoms with Crippen molar-refractivity contribution in [2.45, 2.75) is 0 Å². The first-order valence-corrected chi connectivity index (χ1v) is 4.36. The summed E-state index contributed by atoms with van der Waals surface area (Å²) in [6, 6.07) is 0. The van der Waals surface area contributed by atoms with Crippen LogP contribution in [0.2, 0.25) is 0 Å². The van der Waals surface area contributed by atoms with Crippen LogP contribution in [-0.4, -0.2) is 5.71 Å². The third kappa shape index (κ3) is 1.59. The van der Waals surface area contributed by atoms with Crippen molar-refractivity contribution in [2.75, 3.05) is 0 Å². The number of hydrogen-bond acceptors (Lipinski definition) is 1. The molecular formula is C12H11N. The molecule has 13 heavy (non-hydrogen) atoms. The molecule has 0 saturated heterocycles. The Balaban J connectivity index is 2.44. The fourth-order valence-electron chi connectivity index (χ4n) is 1.49. The molecule has 0 aromatic heterocycles. The number of nitrogens with one attached hydrogen (secondary N) is 1. The van der Waals surface area contributed by atoms with Crippen molar-refractivity contribution in [3.05, 3.63) is 60.3 Å². The average Bonchev–Trinajstić information content (AvgIpc) is 2.43. The van der Waals surface area contributed by atoms with Gasteiger partial charge in [-0.25, -0.2) is 0 Å². The minimum Gasteiger partial charge on any atom is -0.304 e. The zero-order valence-corrected chi connectivity index (χ0v) is 7.27. The van der Waals surface area contributed by atoms with Crippen molar-refractivity contribution in [1.82, 2.24) is 0 Å². The Morgan fingerprint density at radius 1 is 0.923 bits per heavy atom. The highest BCUT2D eigenvalue weighted by atomic mass is 14.4. The van der Waals surface area contributed by atoms with Gasteiger partial charge in [-0.05, 0) is 11.6 Å². The van der Waals surface area contributed by atoms with Gasteiger partial charge in [0.15, 0.2) is 0 Å². The lowest BCUT2D eigenvalue weighted by molar-refractivity contribution is 1.06. The summed E-state index contributed by atoms with van der Waals surface area (Å²) in [7, 11) is 0. The summed E-state index contributed by atoms with van der Waals surface area (Å²) in [5.41, 5.74) is 1.83. The molecule has 2 aliphatic rings. The van der Waals surface area contributed by atoms with E-state index in [2.05, 4.69) is 18.2 Å². The predicted octanol–water partition coefficient (Wildman–Crippen LogP) is 2.80. The summed E-state index contributed by atoms with van der Waals surface area (Å²) >= 11 is 0. The zero-order valence-electron chi connectivity index (χ0n) is 7.27. The van der Waals surface area contributed by atoms with E-state index in [0.717, 1.165) is 0 Å². The number of fused-ring (bicyclic) bond motifs is 1. The second-order valence-electron chi connectivity index (χ2n) is 3.09. The summed E-state index contributed by atoms with van der Waals surface area (Å²) in [4.78, 5) is 0. The van der Waals surface area contributed by atoms with Gasteiger partial charge >= 0.3 is 0 Å². The van der Waals surface area contributed by atoms with Crippen molar-refractivity contribution in [3.63, 3.8) is 0 Å². The lowest BCUT2D eigenvalue weighted by Gasteiger charge is -2.10. The molecule has 64 valence electrons. The monoisotopic (exact) mass is 169 g/mol. The van der Waals surface area contributed by atoms with E-state index in [0.29, 0.717) is 5.71 Å². The summed E-state index contributed by atoms with van der Waals surface area (Å²) in [5, 5.41) is 7.80. The minimum atomic E-state index is 0.130. The highest BCUT2D eigenvalue weighted by Gasteiger charge is 2.14. The number of allylic oxidation sites excluding steroid dienone is 10. The summed E-state index contributed by atoms with van der Waals surface area (Å²) in [6.07, 6.45) is 17.9. The van der Waals surface area contributed by atoms with E-state index in [1.165, 1.54) is 5.57 Å². The van der Waals surface area contributed by atoms with Gasteiger partial charge < -0.3 is 5.41 Å². The second-order valence-corrected chi connectivity index (χ2v) is 3.09. The molecular weight excluding hydrogens is 158 g/mol. The van der Waals surface area contributed by atoms with E-state index in [1.54, 1.807) is 0 Å². The molecule has 0 radical (unpaired) electrons. The first-order valence-electron chi connectivity index (χ1n) is 4.36. The Morgan fingerprint density at radius 3 is 2.69 bits per heavy atom. The molecule has 0 spiro atoms. The maximum absolute atomic E-state index is 7.80. The van der Waals surface area contributed by atoms with Crippen LogP contribution in [0.3, 0.4) is 0 Å². The maximum atomic E-state index is 7.80. The summed E-state index contributed by atoms with van der Waals surface area (Å²) in [6.45, 7) is 0. The summed E-state index contributed by atoms with van der Waals surface area (Å²) < 4.78 is 0. The van der Waals surface area contributed by atoms with Crippen LogP contribution in [0.15, 0.2) is 60.3 Å². The smallest absolute Gasteiger partial charge is 0.0438 e. The Morgan fingerprint density at radius 2 is 1.77 bits per heavy atom. The molecule has 2 aliphatic carbocycles. The predicted molar refractivity (Wildman–Crippen MR) is 55.9 cm³/mol. The number of rotatable bonds is 0. The second kappa shape index (κ2) is 3.40. The van der Waals surface area contributed by atoms with E-state index >= 15 is 0 Å². The average molecular weight is 169 g/mol. The van der Waals surface area contributed by atoms with Gasteiger partial charge in [-0.3, -0.25) is 0 Å². The first kappa shape index (κ1) is 7.99. The topological polar surface area (TPSA) is 23.9 Å².